The first-order valence-corrected chi connectivity index (χ1v) is 12.2. The molecule has 6 heteroatoms. The Morgan fingerprint density at radius 3 is 2.26 bits per heavy atom. The van der Waals surface area contributed by atoms with Gasteiger partial charge in [-0.3, -0.25) is 4.79 Å². The number of aliphatic hydroxyl groups excluding tert-OH is 1. The maximum atomic E-state index is 12.9. The van der Waals surface area contributed by atoms with Crippen LogP contribution in [0, 0.1) is 19.3 Å². The summed E-state index contributed by atoms with van der Waals surface area (Å²) in [4.78, 5) is 12.9. The fraction of sp³-hybridized carbons (Fsp3) is 0.464. The van der Waals surface area contributed by atoms with E-state index in [1.807, 2.05) is 58.9 Å². The van der Waals surface area contributed by atoms with Crippen LogP contribution >= 0.6 is 11.6 Å². The van der Waals surface area contributed by atoms with Crippen molar-refractivity contribution in [1.29, 1.82) is 0 Å². The Hall–Kier alpha value is -2.34. The highest BCUT2D eigenvalue weighted by atomic mass is 35.5. The van der Waals surface area contributed by atoms with Crippen LogP contribution in [0.5, 0.6) is 11.5 Å². The molecular weight excluding hydrogens is 452 g/mol. The lowest BCUT2D eigenvalue weighted by molar-refractivity contribution is -0.149. The van der Waals surface area contributed by atoms with Gasteiger partial charge in [0.15, 0.2) is 0 Å². The molecule has 3 atom stereocenters. The number of fused-ring (bicyclic) bond motifs is 2. The van der Waals surface area contributed by atoms with E-state index in [1.54, 1.807) is 12.1 Å². The standard InChI is InChI=1S/C28H33ClO5/c1-16-12-22(32-19-8-6-18(29)7-9-19)13-17(2)25(16)26-23(30)14-20-10-11-21(33-20)15-24(26)34-27(31)28(3,4)5/h6-9,12-13,20-21,23,30H,10-11,14-15H2,1-5H3/b26-24-/t20-,21+,23?/m0/s1. The number of benzene rings is 2. The Bertz CT molecular complexity index is 1070. The van der Waals surface area contributed by atoms with E-state index in [2.05, 4.69) is 0 Å². The van der Waals surface area contributed by atoms with Gasteiger partial charge in [-0.15, -0.1) is 0 Å². The Morgan fingerprint density at radius 2 is 1.65 bits per heavy atom. The van der Waals surface area contributed by atoms with Crippen molar-refractivity contribution in [2.45, 2.75) is 78.6 Å². The summed E-state index contributed by atoms with van der Waals surface area (Å²) in [6.45, 7) is 9.47. The van der Waals surface area contributed by atoms with Gasteiger partial charge in [-0.2, -0.15) is 0 Å². The Morgan fingerprint density at radius 1 is 1.03 bits per heavy atom. The van der Waals surface area contributed by atoms with E-state index < -0.39 is 11.5 Å². The molecule has 1 fully saturated rings. The highest BCUT2D eigenvalue weighted by Crippen LogP contribution is 2.41. The molecule has 1 unspecified atom stereocenters. The van der Waals surface area contributed by atoms with Crippen molar-refractivity contribution in [3.8, 4) is 11.5 Å². The molecule has 2 aliphatic heterocycles. The maximum absolute atomic E-state index is 12.9. The van der Waals surface area contributed by atoms with Crippen molar-refractivity contribution in [2.75, 3.05) is 0 Å². The molecule has 34 heavy (non-hydrogen) atoms. The van der Waals surface area contributed by atoms with E-state index in [0.717, 1.165) is 29.5 Å². The first-order chi connectivity index (χ1) is 16.0. The zero-order valence-corrected chi connectivity index (χ0v) is 21.2. The maximum Gasteiger partial charge on any atom is 0.316 e. The Balaban J connectivity index is 1.76. The molecule has 2 aromatic rings. The summed E-state index contributed by atoms with van der Waals surface area (Å²) in [6, 6.07) is 11.1. The molecule has 0 saturated carbocycles. The molecule has 1 N–H and O–H groups in total. The SMILES string of the molecule is Cc1cc(Oc2ccc(Cl)cc2)cc(C)c1/C1=C(\OC(=O)C(C)(C)C)C[C@H]2CC[C@@H](CC1O)O2. The highest BCUT2D eigenvalue weighted by Gasteiger charge is 2.37. The summed E-state index contributed by atoms with van der Waals surface area (Å²) < 4.78 is 18.1. The van der Waals surface area contributed by atoms with Crippen LogP contribution in [0.15, 0.2) is 42.2 Å². The molecule has 0 aliphatic carbocycles. The van der Waals surface area contributed by atoms with Crippen LogP contribution in [0.2, 0.25) is 5.02 Å². The van der Waals surface area contributed by atoms with Crippen molar-refractivity contribution < 1.29 is 24.1 Å². The third kappa shape index (κ3) is 5.48. The lowest BCUT2D eigenvalue weighted by Crippen LogP contribution is -2.29. The topological polar surface area (TPSA) is 65.0 Å². The van der Waals surface area contributed by atoms with E-state index in [1.165, 1.54) is 0 Å². The summed E-state index contributed by atoms with van der Waals surface area (Å²) >= 11 is 5.98. The molecule has 5 nitrogen and oxygen atoms in total. The number of esters is 1. The largest absolute Gasteiger partial charge is 0.457 e. The second-order valence-electron chi connectivity index (χ2n) is 10.4. The minimum atomic E-state index is -0.799. The van der Waals surface area contributed by atoms with Crippen LogP contribution in [0.4, 0.5) is 0 Å². The van der Waals surface area contributed by atoms with Crippen LogP contribution < -0.4 is 4.74 Å². The molecule has 4 rings (SSSR count). The van der Waals surface area contributed by atoms with E-state index in [9.17, 15) is 9.90 Å². The van der Waals surface area contributed by atoms with Gasteiger partial charge >= 0.3 is 5.97 Å². The third-order valence-corrected chi connectivity index (χ3v) is 6.63. The van der Waals surface area contributed by atoms with Gasteiger partial charge in [0.2, 0.25) is 0 Å². The van der Waals surface area contributed by atoms with Gasteiger partial charge in [0.05, 0.1) is 23.7 Å². The number of carbonyl (C=O) groups is 1. The van der Waals surface area contributed by atoms with Crippen molar-refractivity contribution >= 4 is 23.1 Å². The number of hydrogen-bond donors (Lipinski definition) is 1. The second kappa shape index (κ2) is 9.73. The van der Waals surface area contributed by atoms with Gasteiger partial charge in [0.25, 0.3) is 0 Å². The predicted octanol–water partition coefficient (Wildman–Crippen LogP) is 6.75. The second-order valence-corrected chi connectivity index (χ2v) is 10.8. The van der Waals surface area contributed by atoms with Crippen LogP contribution in [-0.2, 0) is 14.3 Å². The monoisotopic (exact) mass is 484 g/mol. The zero-order chi connectivity index (χ0) is 24.6. The highest BCUT2D eigenvalue weighted by molar-refractivity contribution is 6.30. The molecule has 1 saturated heterocycles. The van der Waals surface area contributed by atoms with Crippen LogP contribution in [0.3, 0.4) is 0 Å². The smallest absolute Gasteiger partial charge is 0.316 e. The molecule has 0 radical (unpaired) electrons. The third-order valence-electron chi connectivity index (χ3n) is 6.38. The number of rotatable bonds is 4. The van der Waals surface area contributed by atoms with Crippen LogP contribution in [0.25, 0.3) is 5.57 Å². The average Bonchev–Trinajstić information content (AvgIpc) is 3.18. The van der Waals surface area contributed by atoms with Crippen molar-refractivity contribution in [2.24, 2.45) is 5.41 Å². The zero-order valence-electron chi connectivity index (χ0n) is 20.5. The van der Waals surface area contributed by atoms with Crippen molar-refractivity contribution in [3.63, 3.8) is 0 Å². The van der Waals surface area contributed by atoms with Crippen LogP contribution in [0.1, 0.15) is 63.1 Å². The minimum absolute atomic E-state index is 0.0107. The van der Waals surface area contributed by atoms with Gasteiger partial charge in [-0.25, -0.2) is 0 Å². The summed E-state index contributed by atoms with van der Waals surface area (Å²) in [6.07, 6.45) is 1.95. The quantitative estimate of drug-likeness (QED) is 0.486. The van der Waals surface area contributed by atoms with E-state index in [-0.39, 0.29) is 18.2 Å². The van der Waals surface area contributed by atoms with Gasteiger partial charge in [-0.05, 0) is 101 Å². The van der Waals surface area contributed by atoms with E-state index in [0.29, 0.717) is 40.7 Å². The number of ether oxygens (including phenoxy) is 3. The minimum Gasteiger partial charge on any atom is -0.457 e. The molecule has 0 amide bonds. The van der Waals surface area contributed by atoms with Gasteiger partial charge < -0.3 is 19.3 Å². The summed E-state index contributed by atoms with van der Waals surface area (Å²) in [5, 5.41) is 12.0. The molecule has 0 aromatic heterocycles. The van der Waals surface area contributed by atoms with Gasteiger partial charge in [0.1, 0.15) is 17.3 Å². The molecule has 0 spiro atoms. The first-order valence-electron chi connectivity index (χ1n) is 11.8. The van der Waals surface area contributed by atoms with Gasteiger partial charge in [0, 0.05) is 23.4 Å². The summed E-state index contributed by atoms with van der Waals surface area (Å²) in [5.74, 6) is 1.57. The first kappa shape index (κ1) is 24.8. The Labute approximate surface area is 206 Å². The molecule has 2 aliphatic rings. The van der Waals surface area contributed by atoms with Gasteiger partial charge in [-0.1, -0.05) is 11.6 Å². The normalized spacial score (nSPS) is 25.0. The Kier molecular flexibility index (Phi) is 7.09. The lowest BCUT2D eigenvalue weighted by atomic mass is 9.87. The fourth-order valence-electron chi connectivity index (χ4n) is 4.69. The predicted molar refractivity (Wildman–Crippen MR) is 133 cm³/mol. The average molecular weight is 485 g/mol. The van der Waals surface area contributed by atoms with E-state index in [4.69, 9.17) is 25.8 Å². The number of hydrogen-bond acceptors (Lipinski definition) is 5. The molecule has 182 valence electrons. The fourth-order valence-corrected chi connectivity index (χ4v) is 4.81. The molecular formula is C28H33ClO5. The van der Waals surface area contributed by atoms with Crippen molar-refractivity contribution in [3.05, 3.63) is 63.9 Å². The molecule has 2 aromatic carbocycles. The lowest BCUT2D eigenvalue weighted by Gasteiger charge is -2.29. The number of aryl methyl sites for hydroxylation is 2. The summed E-state index contributed by atoms with van der Waals surface area (Å²) in [7, 11) is 0. The number of carbonyl (C=O) groups excluding carboxylic acids is 1. The van der Waals surface area contributed by atoms with Crippen molar-refractivity contribution in [1.82, 2.24) is 0 Å². The van der Waals surface area contributed by atoms with Crippen LogP contribution in [-0.4, -0.2) is 29.4 Å². The molecule has 2 bridgehead atoms. The molecule has 2 heterocycles. The number of aliphatic hydroxyl groups is 1. The summed E-state index contributed by atoms with van der Waals surface area (Å²) in [5.41, 5.74) is 2.80. The van der Waals surface area contributed by atoms with E-state index >= 15 is 0 Å². The number of halogens is 1.